The summed E-state index contributed by atoms with van der Waals surface area (Å²) in [5, 5.41) is 8.39. The summed E-state index contributed by atoms with van der Waals surface area (Å²) in [5.74, 6) is 1.57. The van der Waals surface area contributed by atoms with Crippen LogP contribution in [-0.2, 0) is 6.42 Å². The van der Waals surface area contributed by atoms with Crippen molar-refractivity contribution in [3.63, 3.8) is 0 Å². The predicted octanol–water partition coefficient (Wildman–Crippen LogP) is 2.63. The maximum atomic E-state index is 6.02. The highest BCUT2D eigenvalue weighted by Crippen LogP contribution is 2.23. The molecule has 1 aliphatic heterocycles. The number of anilines is 1. The second-order valence-corrected chi connectivity index (χ2v) is 6.15. The van der Waals surface area contributed by atoms with Gasteiger partial charge in [0.25, 0.3) is 0 Å². The lowest BCUT2D eigenvalue weighted by Crippen LogP contribution is -2.40. The van der Waals surface area contributed by atoms with Crippen LogP contribution in [0.2, 0.25) is 10.0 Å². The number of hydrogen-bond acceptors (Lipinski definition) is 4. The summed E-state index contributed by atoms with van der Waals surface area (Å²) >= 11 is 11.9. The Labute approximate surface area is 133 Å². The van der Waals surface area contributed by atoms with Gasteiger partial charge in [0.05, 0.1) is 10.0 Å². The third-order valence-electron chi connectivity index (χ3n) is 3.70. The van der Waals surface area contributed by atoms with Crippen LogP contribution in [0.5, 0.6) is 0 Å². The highest BCUT2D eigenvalue weighted by Gasteiger charge is 2.19. The Hall–Kier alpha value is -1.30. The highest BCUT2D eigenvalue weighted by atomic mass is 35.5. The zero-order valence-corrected chi connectivity index (χ0v) is 13.0. The summed E-state index contributed by atoms with van der Waals surface area (Å²) in [5.41, 5.74) is 6.96. The van der Waals surface area contributed by atoms with Crippen molar-refractivity contribution in [2.75, 3.05) is 18.0 Å². The number of nitrogens with one attached hydrogen (secondary N) is 1. The van der Waals surface area contributed by atoms with E-state index in [1.54, 1.807) is 6.07 Å². The molecule has 2 heterocycles. The standard InChI is InChI=1S/C14H17Cl2N5/c15-11-2-1-9(7-12(11)16)8-13-18-14(20-19-13)21-5-3-10(17)4-6-21/h1-2,7,10H,3-6,8,17H2,(H,18,19,20). The molecular formula is C14H17Cl2N5. The number of aromatic amines is 1. The molecule has 7 heteroatoms. The number of benzene rings is 1. The summed E-state index contributed by atoms with van der Waals surface area (Å²) < 4.78 is 0. The van der Waals surface area contributed by atoms with E-state index in [0.29, 0.717) is 22.5 Å². The van der Waals surface area contributed by atoms with Gasteiger partial charge in [-0.2, -0.15) is 4.98 Å². The van der Waals surface area contributed by atoms with Crippen LogP contribution in [0.15, 0.2) is 18.2 Å². The lowest BCUT2D eigenvalue weighted by atomic mass is 10.1. The molecule has 0 radical (unpaired) electrons. The van der Waals surface area contributed by atoms with Gasteiger partial charge in [0.15, 0.2) is 0 Å². The van der Waals surface area contributed by atoms with Gasteiger partial charge in [-0.1, -0.05) is 29.3 Å². The number of rotatable bonds is 3. The van der Waals surface area contributed by atoms with Crippen LogP contribution in [0.1, 0.15) is 24.2 Å². The molecule has 0 aliphatic carbocycles. The molecule has 0 unspecified atom stereocenters. The van der Waals surface area contributed by atoms with Crippen molar-refractivity contribution in [3.05, 3.63) is 39.6 Å². The Morgan fingerprint density at radius 1 is 1.24 bits per heavy atom. The second-order valence-electron chi connectivity index (χ2n) is 5.33. The van der Waals surface area contributed by atoms with Crippen molar-refractivity contribution < 1.29 is 0 Å². The molecule has 1 aliphatic rings. The van der Waals surface area contributed by atoms with E-state index in [0.717, 1.165) is 43.3 Å². The van der Waals surface area contributed by atoms with E-state index < -0.39 is 0 Å². The molecule has 3 N–H and O–H groups in total. The van der Waals surface area contributed by atoms with Gasteiger partial charge in [-0.25, -0.2) is 0 Å². The number of H-pyrrole nitrogens is 1. The minimum atomic E-state index is 0.302. The van der Waals surface area contributed by atoms with Crippen LogP contribution < -0.4 is 10.6 Å². The van der Waals surface area contributed by atoms with Crippen molar-refractivity contribution in [1.82, 2.24) is 15.2 Å². The fourth-order valence-electron chi connectivity index (χ4n) is 2.45. The van der Waals surface area contributed by atoms with Gasteiger partial charge in [-0.05, 0) is 30.5 Å². The predicted molar refractivity (Wildman–Crippen MR) is 85.1 cm³/mol. The maximum Gasteiger partial charge on any atom is 0.244 e. The summed E-state index contributed by atoms with van der Waals surface area (Å²) in [4.78, 5) is 6.71. The largest absolute Gasteiger partial charge is 0.339 e. The Kier molecular flexibility index (Phi) is 4.33. The zero-order chi connectivity index (χ0) is 14.8. The molecule has 0 saturated carbocycles. The lowest BCUT2D eigenvalue weighted by molar-refractivity contribution is 0.496. The molecule has 0 atom stereocenters. The normalized spacial score (nSPS) is 16.4. The first-order chi connectivity index (χ1) is 10.1. The minimum absolute atomic E-state index is 0.302. The van der Waals surface area contributed by atoms with Gasteiger partial charge >= 0.3 is 0 Å². The summed E-state index contributed by atoms with van der Waals surface area (Å²) in [6.45, 7) is 1.82. The fraction of sp³-hybridized carbons (Fsp3) is 0.429. The third-order valence-corrected chi connectivity index (χ3v) is 4.44. The topological polar surface area (TPSA) is 70.8 Å². The SMILES string of the molecule is NC1CCN(c2n[nH]c(Cc3ccc(Cl)c(Cl)c3)n2)CC1. The van der Waals surface area contributed by atoms with Gasteiger partial charge in [0.2, 0.25) is 5.95 Å². The van der Waals surface area contributed by atoms with Crippen LogP contribution in [-0.4, -0.2) is 34.3 Å². The smallest absolute Gasteiger partial charge is 0.244 e. The van der Waals surface area contributed by atoms with Gasteiger partial charge in [-0.3, -0.25) is 5.10 Å². The quantitative estimate of drug-likeness (QED) is 0.910. The summed E-state index contributed by atoms with van der Waals surface area (Å²) in [6, 6.07) is 5.89. The molecule has 3 rings (SSSR count). The molecule has 112 valence electrons. The number of piperidine rings is 1. The summed E-state index contributed by atoms with van der Waals surface area (Å²) in [7, 11) is 0. The Morgan fingerprint density at radius 3 is 2.71 bits per heavy atom. The van der Waals surface area contributed by atoms with Crippen molar-refractivity contribution in [1.29, 1.82) is 0 Å². The molecule has 1 fully saturated rings. The van der Waals surface area contributed by atoms with E-state index in [-0.39, 0.29) is 0 Å². The van der Waals surface area contributed by atoms with Gasteiger partial charge in [0.1, 0.15) is 5.82 Å². The van der Waals surface area contributed by atoms with Crippen molar-refractivity contribution >= 4 is 29.2 Å². The maximum absolute atomic E-state index is 6.02. The van der Waals surface area contributed by atoms with E-state index in [4.69, 9.17) is 28.9 Å². The molecule has 0 bridgehead atoms. The Morgan fingerprint density at radius 2 is 2.00 bits per heavy atom. The highest BCUT2D eigenvalue weighted by molar-refractivity contribution is 6.42. The van der Waals surface area contributed by atoms with E-state index in [9.17, 15) is 0 Å². The van der Waals surface area contributed by atoms with E-state index in [2.05, 4.69) is 20.1 Å². The number of hydrogen-bond donors (Lipinski definition) is 2. The second kappa shape index (κ2) is 6.22. The average molecular weight is 326 g/mol. The average Bonchev–Trinajstić information content (AvgIpc) is 2.92. The molecule has 21 heavy (non-hydrogen) atoms. The van der Waals surface area contributed by atoms with Gasteiger partial charge in [0, 0.05) is 25.6 Å². The van der Waals surface area contributed by atoms with Crippen LogP contribution in [0, 0.1) is 0 Å². The zero-order valence-electron chi connectivity index (χ0n) is 11.5. The number of aromatic nitrogens is 3. The van der Waals surface area contributed by atoms with Crippen LogP contribution in [0.3, 0.4) is 0 Å². The number of nitrogens with two attached hydrogens (primary N) is 1. The molecule has 0 spiro atoms. The number of nitrogens with zero attached hydrogens (tertiary/aromatic N) is 3. The van der Waals surface area contributed by atoms with Crippen LogP contribution in [0.25, 0.3) is 0 Å². The molecule has 1 aromatic heterocycles. The van der Waals surface area contributed by atoms with Crippen molar-refractivity contribution in [3.8, 4) is 0 Å². The van der Waals surface area contributed by atoms with Gasteiger partial charge in [-0.15, -0.1) is 5.10 Å². The first-order valence-corrected chi connectivity index (χ1v) is 7.73. The Bertz CT molecular complexity index is 620. The first kappa shape index (κ1) is 14.6. The van der Waals surface area contributed by atoms with Crippen molar-refractivity contribution in [2.24, 2.45) is 5.73 Å². The third kappa shape index (κ3) is 3.48. The molecular weight excluding hydrogens is 309 g/mol. The monoisotopic (exact) mass is 325 g/mol. The molecule has 1 aromatic carbocycles. The first-order valence-electron chi connectivity index (χ1n) is 6.97. The number of halogens is 2. The molecule has 2 aromatic rings. The van der Waals surface area contributed by atoms with E-state index in [1.165, 1.54) is 0 Å². The molecule has 0 amide bonds. The fourth-order valence-corrected chi connectivity index (χ4v) is 2.77. The summed E-state index contributed by atoms with van der Waals surface area (Å²) in [6.07, 6.45) is 2.62. The lowest BCUT2D eigenvalue weighted by Gasteiger charge is -2.28. The van der Waals surface area contributed by atoms with Crippen molar-refractivity contribution in [2.45, 2.75) is 25.3 Å². The van der Waals surface area contributed by atoms with E-state index in [1.807, 2.05) is 12.1 Å². The molecule has 5 nitrogen and oxygen atoms in total. The van der Waals surface area contributed by atoms with E-state index >= 15 is 0 Å². The van der Waals surface area contributed by atoms with Crippen LogP contribution in [0.4, 0.5) is 5.95 Å². The minimum Gasteiger partial charge on any atom is -0.339 e. The Balaban J connectivity index is 1.68. The van der Waals surface area contributed by atoms with Crippen LogP contribution >= 0.6 is 23.2 Å². The molecule has 1 saturated heterocycles. The van der Waals surface area contributed by atoms with Gasteiger partial charge < -0.3 is 10.6 Å².